The number of guanidine groups is 1. The van der Waals surface area contributed by atoms with Gasteiger partial charge in [0.25, 0.3) is 0 Å². The predicted octanol–water partition coefficient (Wildman–Crippen LogP) is 2.80. The van der Waals surface area contributed by atoms with E-state index >= 15 is 0 Å². The summed E-state index contributed by atoms with van der Waals surface area (Å²) in [5.74, 6) is 0.910. The average molecular weight is 426 g/mol. The number of aliphatic imine (C=N–C) groups is 1. The van der Waals surface area contributed by atoms with Gasteiger partial charge in [0.1, 0.15) is 0 Å². The van der Waals surface area contributed by atoms with E-state index in [-0.39, 0.29) is 6.04 Å². The van der Waals surface area contributed by atoms with E-state index in [1.807, 2.05) is 17.9 Å². The third-order valence-electron chi connectivity index (χ3n) is 6.20. The topological polar surface area (TPSA) is 60.7 Å². The van der Waals surface area contributed by atoms with E-state index < -0.39 is 0 Å². The van der Waals surface area contributed by atoms with Crippen molar-refractivity contribution in [1.82, 2.24) is 30.2 Å². The summed E-state index contributed by atoms with van der Waals surface area (Å²) in [6.07, 6.45) is 6.26. The summed E-state index contributed by atoms with van der Waals surface area (Å²) in [6.45, 7) is 8.18. The number of nitrogens with one attached hydrogen (secondary N) is 2. The van der Waals surface area contributed by atoms with Gasteiger partial charge in [-0.25, -0.2) is 0 Å². The maximum atomic E-state index is 4.92. The number of nitrogens with zero attached hydrogens (tertiary/aromatic N) is 5. The van der Waals surface area contributed by atoms with Crippen LogP contribution in [-0.4, -0.2) is 71.9 Å². The van der Waals surface area contributed by atoms with Gasteiger partial charge in [-0.1, -0.05) is 30.3 Å². The van der Waals surface area contributed by atoms with Gasteiger partial charge in [0, 0.05) is 50.5 Å². The zero-order chi connectivity index (χ0) is 22.2. The molecule has 1 aliphatic rings. The van der Waals surface area contributed by atoms with Crippen LogP contribution in [0.5, 0.6) is 0 Å². The third-order valence-corrected chi connectivity index (χ3v) is 6.20. The summed E-state index contributed by atoms with van der Waals surface area (Å²) in [4.78, 5) is 9.71. The Kier molecular flexibility index (Phi) is 8.49. The van der Waals surface area contributed by atoms with Crippen molar-refractivity contribution < 1.29 is 0 Å². The van der Waals surface area contributed by atoms with Gasteiger partial charge in [0.2, 0.25) is 0 Å². The summed E-state index contributed by atoms with van der Waals surface area (Å²) in [7, 11) is 6.14. The summed E-state index contributed by atoms with van der Waals surface area (Å²) >= 11 is 0. The smallest absolute Gasteiger partial charge is 0.191 e. The van der Waals surface area contributed by atoms with Crippen molar-refractivity contribution in [3.8, 4) is 0 Å². The molecule has 0 radical (unpaired) electrons. The Labute approximate surface area is 187 Å². The molecule has 3 rings (SSSR count). The van der Waals surface area contributed by atoms with Crippen LogP contribution < -0.4 is 10.6 Å². The van der Waals surface area contributed by atoms with Crippen molar-refractivity contribution in [3.05, 3.63) is 53.9 Å². The fraction of sp³-hybridized carbons (Fsp3) is 0.583. The number of aryl methyl sites for hydroxylation is 1. The maximum absolute atomic E-state index is 4.92. The molecule has 2 unspecified atom stereocenters. The number of piperidine rings is 1. The van der Waals surface area contributed by atoms with Crippen LogP contribution in [0.1, 0.15) is 49.9 Å². The summed E-state index contributed by atoms with van der Waals surface area (Å²) < 4.78 is 1.85. The number of hydrogen-bond donors (Lipinski definition) is 2. The van der Waals surface area contributed by atoms with E-state index in [0.29, 0.717) is 18.6 Å². The van der Waals surface area contributed by atoms with Crippen LogP contribution in [0, 0.1) is 0 Å². The molecule has 0 spiro atoms. The zero-order valence-electron chi connectivity index (χ0n) is 19.8. The molecule has 1 aromatic carbocycles. The van der Waals surface area contributed by atoms with E-state index in [1.54, 1.807) is 0 Å². The lowest BCUT2D eigenvalue weighted by Gasteiger charge is -2.37. The summed E-state index contributed by atoms with van der Waals surface area (Å²) in [6, 6.07) is 11.9. The minimum absolute atomic E-state index is 0.206. The lowest BCUT2D eigenvalue weighted by Crippen LogP contribution is -2.49. The van der Waals surface area contributed by atoms with E-state index in [9.17, 15) is 0 Å². The largest absolute Gasteiger partial charge is 0.357 e. The number of likely N-dealkylation sites (tertiary alicyclic amines) is 1. The highest BCUT2D eigenvalue weighted by atomic mass is 15.3. The first-order valence-corrected chi connectivity index (χ1v) is 11.5. The second-order valence-corrected chi connectivity index (χ2v) is 8.69. The Morgan fingerprint density at radius 2 is 1.90 bits per heavy atom. The van der Waals surface area contributed by atoms with Crippen molar-refractivity contribution in [3.63, 3.8) is 0 Å². The van der Waals surface area contributed by atoms with E-state index in [2.05, 4.69) is 90.0 Å². The fourth-order valence-electron chi connectivity index (χ4n) is 4.24. The maximum Gasteiger partial charge on any atom is 0.191 e. The normalized spacial score (nSPS) is 18.2. The average Bonchev–Trinajstić information content (AvgIpc) is 3.20. The highest BCUT2D eigenvalue weighted by Crippen LogP contribution is 2.24. The molecule has 2 aromatic rings. The van der Waals surface area contributed by atoms with Crippen molar-refractivity contribution >= 4 is 5.96 Å². The monoisotopic (exact) mass is 425 g/mol. The number of aromatic nitrogens is 2. The lowest BCUT2D eigenvalue weighted by molar-refractivity contribution is 0.158. The summed E-state index contributed by atoms with van der Waals surface area (Å²) in [5, 5.41) is 11.4. The first-order chi connectivity index (χ1) is 15.0. The third kappa shape index (κ3) is 6.55. The number of likely N-dealkylation sites (N-methyl/N-ethyl adjacent to an activating group) is 1. The SMILES string of the molecule is CCNC(=NCC(c1cnn(C)c1)N(C)C)NC1CCN(C(C)c2ccccc2)CC1. The molecule has 7 heteroatoms. The minimum Gasteiger partial charge on any atom is -0.357 e. The second kappa shape index (κ2) is 11.3. The zero-order valence-corrected chi connectivity index (χ0v) is 19.8. The van der Waals surface area contributed by atoms with Gasteiger partial charge in [0.15, 0.2) is 5.96 Å². The molecule has 170 valence electrons. The van der Waals surface area contributed by atoms with E-state index in [4.69, 9.17) is 4.99 Å². The quantitative estimate of drug-likeness (QED) is 0.503. The molecule has 0 bridgehead atoms. The van der Waals surface area contributed by atoms with Crippen LogP contribution in [0.3, 0.4) is 0 Å². The Balaban J connectivity index is 1.56. The number of benzene rings is 1. The van der Waals surface area contributed by atoms with Crippen LogP contribution in [0.2, 0.25) is 0 Å². The van der Waals surface area contributed by atoms with Gasteiger partial charge in [-0.15, -0.1) is 0 Å². The molecule has 1 aliphatic heterocycles. The van der Waals surface area contributed by atoms with Crippen LogP contribution in [0.15, 0.2) is 47.7 Å². The molecule has 0 saturated carbocycles. The van der Waals surface area contributed by atoms with E-state index in [0.717, 1.165) is 38.4 Å². The van der Waals surface area contributed by atoms with Gasteiger partial charge in [-0.2, -0.15) is 5.10 Å². The van der Waals surface area contributed by atoms with Gasteiger partial charge in [-0.3, -0.25) is 14.6 Å². The molecule has 2 heterocycles. The van der Waals surface area contributed by atoms with Crippen molar-refractivity contribution in [2.75, 3.05) is 40.3 Å². The Morgan fingerprint density at radius 1 is 1.19 bits per heavy atom. The molecular formula is C24H39N7. The van der Waals surface area contributed by atoms with Crippen LogP contribution in [-0.2, 0) is 7.05 Å². The molecule has 1 aromatic heterocycles. The predicted molar refractivity (Wildman–Crippen MR) is 128 cm³/mol. The van der Waals surface area contributed by atoms with Crippen LogP contribution in [0.25, 0.3) is 0 Å². The lowest BCUT2D eigenvalue weighted by atomic mass is 10.0. The second-order valence-electron chi connectivity index (χ2n) is 8.69. The van der Waals surface area contributed by atoms with Gasteiger partial charge >= 0.3 is 0 Å². The van der Waals surface area contributed by atoms with Gasteiger partial charge in [0.05, 0.1) is 18.8 Å². The molecule has 1 saturated heterocycles. The number of rotatable bonds is 8. The summed E-state index contributed by atoms with van der Waals surface area (Å²) in [5.41, 5.74) is 2.59. The molecule has 0 aliphatic carbocycles. The Hall–Kier alpha value is -2.38. The first kappa shape index (κ1) is 23.3. The fourth-order valence-corrected chi connectivity index (χ4v) is 4.24. The molecular weight excluding hydrogens is 386 g/mol. The highest BCUT2D eigenvalue weighted by molar-refractivity contribution is 5.80. The minimum atomic E-state index is 0.206. The van der Waals surface area contributed by atoms with Crippen LogP contribution >= 0.6 is 0 Å². The standard InChI is InChI=1S/C24H39N7/c1-6-25-24(26-17-23(29(3)4)21-16-27-30(5)18-21)28-22-12-14-31(15-13-22)19(2)20-10-8-7-9-11-20/h7-11,16,18-19,22-23H,6,12-15,17H2,1-5H3,(H2,25,26,28). The first-order valence-electron chi connectivity index (χ1n) is 11.5. The molecule has 1 fully saturated rings. The van der Waals surface area contributed by atoms with Gasteiger partial charge in [-0.05, 0) is 46.3 Å². The molecule has 2 atom stereocenters. The molecule has 31 heavy (non-hydrogen) atoms. The highest BCUT2D eigenvalue weighted by Gasteiger charge is 2.24. The van der Waals surface area contributed by atoms with Crippen LogP contribution in [0.4, 0.5) is 0 Å². The Bertz CT molecular complexity index is 806. The molecule has 0 amide bonds. The van der Waals surface area contributed by atoms with E-state index in [1.165, 1.54) is 11.1 Å². The van der Waals surface area contributed by atoms with Crippen molar-refractivity contribution in [2.24, 2.45) is 12.0 Å². The Morgan fingerprint density at radius 3 is 2.48 bits per heavy atom. The number of hydrogen-bond acceptors (Lipinski definition) is 4. The van der Waals surface area contributed by atoms with Gasteiger partial charge < -0.3 is 15.5 Å². The van der Waals surface area contributed by atoms with Crippen molar-refractivity contribution in [2.45, 2.75) is 44.8 Å². The molecule has 7 nitrogen and oxygen atoms in total. The molecule has 2 N–H and O–H groups in total. The van der Waals surface area contributed by atoms with Crippen molar-refractivity contribution in [1.29, 1.82) is 0 Å².